The minimum absolute atomic E-state index is 0.0605. The van der Waals surface area contributed by atoms with Gasteiger partial charge in [0.05, 0.1) is 17.6 Å². The number of amides is 2. The number of nitro benzene ring substituents is 1. The number of rotatable bonds is 5. The van der Waals surface area contributed by atoms with Crippen LogP contribution in [0.15, 0.2) is 24.3 Å². The van der Waals surface area contributed by atoms with Crippen molar-refractivity contribution in [3.05, 3.63) is 34.4 Å². The van der Waals surface area contributed by atoms with Crippen LogP contribution < -0.4 is 10.6 Å². The highest BCUT2D eigenvalue weighted by Gasteiger charge is 2.21. The van der Waals surface area contributed by atoms with E-state index < -0.39 is 22.8 Å². The summed E-state index contributed by atoms with van der Waals surface area (Å²) < 4.78 is 0. The number of benzene rings is 1. The lowest BCUT2D eigenvalue weighted by Crippen LogP contribution is -2.43. The molecule has 1 aromatic carbocycles. The summed E-state index contributed by atoms with van der Waals surface area (Å²) in [5, 5.41) is 24.2. The molecule has 1 unspecified atom stereocenters. The zero-order valence-electron chi connectivity index (χ0n) is 10.8. The van der Waals surface area contributed by atoms with Crippen molar-refractivity contribution in [2.45, 2.75) is 19.4 Å². The van der Waals surface area contributed by atoms with Crippen LogP contribution in [0.4, 0.5) is 11.4 Å². The van der Waals surface area contributed by atoms with Crippen molar-refractivity contribution < 1.29 is 19.6 Å². The van der Waals surface area contributed by atoms with Crippen LogP contribution in [0.25, 0.3) is 0 Å². The Morgan fingerprint density at radius 1 is 1.35 bits per heavy atom. The fraction of sp³-hybridized carbons (Fsp3) is 0.333. The molecule has 1 atom stereocenters. The van der Waals surface area contributed by atoms with Gasteiger partial charge in [-0.05, 0) is 12.5 Å². The lowest BCUT2D eigenvalue weighted by atomic mass is 10.2. The van der Waals surface area contributed by atoms with E-state index in [2.05, 4.69) is 10.6 Å². The summed E-state index contributed by atoms with van der Waals surface area (Å²) >= 11 is 0. The number of carbonyl (C=O) groups excluding carboxylic acids is 2. The summed E-state index contributed by atoms with van der Waals surface area (Å²) in [7, 11) is 0. The third-order valence-corrected chi connectivity index (χ3v) is 2.60. The van der Waals surface area contributed by atoms with Gasteiger partial charge in [0.15, 0.2) is 0 Å². The van der Waals surface area contributed by atoms with Crippen molar-refractivity contribution in [1.82, 2.24) is 5.32 Å². The van der Waals surface area contributed by atoms with Crippen LogP contribution in [0.2, 0.25) is 0 Å². The molecule has 1 rings (SSSR count). The number of aliphatic hydroxyl groups excluding tert-OH is 1. The number of aliphatic hydroxyl groups is 1. The van der Waals surface area contributed by atoms with Crippen LogP contribution >= 0.6 is 0 Å². The Bertz CT molecular complexity index is 514. The molecule has 0 aliphatic carbocycles. The average Bonchev–Trinajstić information content (AvgIpc) is 2.44. The van der Waals surface area contributed by atoms with E-state index in [0.717, 1.165) is 0 Å². The Labute approximate surface area is 114 Å². The normalized spacial score (nSPS) is 11.5. The van der Waals surface area contributed by atoms with Crippen molar-refractivity contribution in [2.75, 3.05) is 11.9 Å². The van der Waals surface area contributed by atoms with Crippen molar-refractivity contribution >= 4 is 23.2 Å². The average molecular weight is 281 g/mol. The minimum atomic E-state index is -1.02. The Morgan fingerprint density at radius 3 is 2.55 bits per heavy atom. The van der Waals surface area contributed by atoms with Gasteiger partial charge in [-0.1, -0.05) is 19.1 Å². The van der Waals surface area contributed by atoms with Gasteiger partial charge >= 0.3 is 11.8 Å². The number of hydrogen-bond acceptors (Lipinski definition) is 5. The summed E-state index contributed by atoms with van der Waals surface area (Å²) in [5.41, 5.74) is -0.363. The van der Waals surface area contributed by atoms with E-state index in [1.165, 1.54) is 24.3 Å². The molecule has 108 valence electrons. The molecular weight excluding hydrogens is 266 g/mol. The molecule has 0 bridgehead atoms. The zero-order valence-corrected chi connectivity index (χ0v) is 10.8. The second kappa shape index (κ2) is 7.19. The highest BCUT2D eigenvalue weighted by atomic mass is 16.6. The maximum atomic E-state index is 11.6. The summed E-state index contributed by atoms with van der Waals surface area (Å²) in [5.74, 6) is -1.98. The van der Waals surface area contributed by atoms with Gasteiger partial charge in [0.2, 0.25) is 0 Å². The first kappa shape index (κ1) is 15.6. The molecule has 0 spiro atoms. The predicted molar refractivity (Wildman–Crippen MR) is 71.0 cm³/mol. The van der Waals surface area contributed by atoms with E-state index in [0.29, 0.717) is 6.42 Å². The summed E-state index contributed by atoms with van der Waals surface area (Å²) in [4.78, 5) is 33.3. The highest BCUT2D eigenvalue weighted by molar-refractivity contribution is 6.39. The first-order valence-electron chi connectivity index (χ1n) is 5.95. The molecule has 8 heteroatoms. The molecule has 0 aliphatic rings. The van der Waals surface area contributed by atoms with Crippen LogP contribution in [-0.4, -0.2) is 34.5 Å². The van der Waals surface area contributed by atoms with E-state index in [4.69, 9.17) is 5.11 Å². The van der Waals surface area contributed by atoms with Gasteiger partial charge < -0.3 is 15.7 Å². The Hall–Kier alpha value is -2.48. The molecule has 0 fully saturated rings. The second-order valence-electron chi connectivity index (χ2n) is 3.99. The van der Waals surface area contributed by atoms with Gasteiger partial charge in [0, 0.05) is 6.07 Å². The number of anilines is 1. The van der Waals surface area contributed by atoms with Crippen LogP contribution in [0.1, 0.15) is 13.3 Å². The fourth-order valence-electron chi connectivity index (χ4n) is 1.45. The monoisotopic (exact) mass is 281 g/mol. The number of nitro groups is 1. The maximum absolute atomic E-state index is 11.6. The number of hydrogen-bond donors (Lipinski definition) is 3. The Balaban J connectivity index is 2.76. The predicted octanol–water partition coefficient (Wildman–Crippen LogP) is 0.420. The molecule has 0 heterocycles. The molecule has 2 amide bonds. The minimum Gasteiger partial charge on any atom is -0.394 e. The van der Waals surface area contributed by atoms with Gasteiger partial charge in [-0.3, -0.25) is 19.7 Å². The van der Waals surface area contributed by atoms with E-state index in [1.54, 1.807) is 6.92 Å². The second-order valence-corrected chi connectivity index (χ2v) is 3.99. The summed E-state index contributed by atoms with van der Waals surface area (Å²) in [6.45, 7) is 1.45. The first-order chi connectivity index (χ1) is 9.49. The highest BCUT2D eigenvalue weighted by Crippen LogP contribution is 2.22. The summed E-state index contributed by atoms with van der Waals surface area (Å²) in [6.07, 6.45) is 0.459. The van der Waals surface area contributed by atoms with Crippen LogP contribution in [0.5, 0.6) is 0 Å². The molecule has 0 aliphatic heterocycles. The third-order valence-electron chi connectivity index (χ3n) is 2.60. The standard InChI is InChI=1S/C12H15N3O5/c1-2-8(7-16)13-11(17)12(18)14-9-5-3-4-6-10(9)15(19)20/h3-6,8,16H,2,7H2,1H3,(H,13,17)(H,14,18). The molecule has 1 aromatic rings. The number of nitrogens with zero attached hydrogens (tertiary/aromatic N) is 1. The van der Waals surface area contributed by atoms with Gasteiger partial charge in [-0.2, -0.15) is 0 Å². The smallest absolute Gasteiger partial charge is 0.313 e. The van der Waals surface area contributed by atoms with Gasteiger partial charge in [0.25, 0.3) is 5.69 Å². The van der Waals surface area contributed by atoms with Crippen molar-refractivity contribution in [3.8, 4) is 0 Å². The lowest BCUT2D eigenvalue weighted by Gasteiger charge is -2.13. The topological polar surface area (TPSA) is 122 Å². The van der Waals surface area contributed by atoms with E-state index >= 15 is 0 Å². The Morgan fingerprint density at radius 2 is 2.00 bits per heavy atom. The molecule has 8 nitrogen and oxygen atoms in total. The van der Waals surface area contributed by atoms with E-state index in [-0.39, 0.29) is 18.0 Å². The van der Waals surface area contributed by atoms with Crippen molar-refractivity contribution in [1.29, 1.82) is 0 Å². The molecular formula is C12H15N3O5. The molecule has 0 radical (unpaired) electrons. The van der Waals surface area contributed by atoms with Crippen LogP contribution in [0.3, 0.4) is 0 Å². The number of nitrogens with one attached hydrogen (secondary N) is 2. The molecule has 0 saturated heterocycles. The van der Waals surface area contributed by atoms with Crippen LogP contribution in [0, 0.1) is 10.1 Å². The molecule has 0 aromatic heterocycles. The van der Waals surface area contributed by atoms with Gasteiger partial charge in [0.1, 0.15) is 5.69 Å². The van der Waals surface area contributed by atoms with Gasteiger partial charge in [-0.25, -0.2) is 0 Å². The Kier molecular flexibility index (Phi) is 5.60. The van der Waals surface area contributed by atoms with E-state index in [1.807, 2.05) is 0 Å². The molecule has 3 N–H and O–H groups in total. The zero-order chi connectivity index (χ0) is 15.1. The van der Waals surface area contributed by atoms with Crippen molar-refractivity contribution in [2.24, 2.45) is 0 Å². The number of para-hydroxylation sites is 2. The first-order valence-corrected chi connectivity index (χ1v) is 5.95. The molecule has 0 saturated carbocycles. The number of carbonyl (C=O) groups is 2. The third kappa shape index (κ3) is 4.02. The fourth-order valence-corrected chi connectivity index (χ4v) is 1.45. The lowest BCUT2D eigenvalue weighted by molar-refractivity contribution is -0.383. The van der Waals surface area contributed by atoms with E-state index in [9.17, 15) is 19.7 Å². The quantitative estimate of drug-likeness (QED) is 0.410. The van der Waals surface area contributed by atoms with Crippen molar-refractivity contribution in [3.63, 3.8) is 0 Å². The molecule has 20 heavy (non-hydrogen) atoms. The largest absolute Gasteiger partial charge is 0.394 e. The van der Waals surface area contributed by atoms with Crippen LogP contribution in [-0.2, 0) is 9.59 Å². The SMILES string of the molecule is CCC(CO)NC(=O)C(=O)Nc1ccccc1[N+](=O)[O-]. The van der Waals surface area contributed by atoms with Gasteiger partial charge in [-0.15, -0.1) is 0 Å². The summed E-state index contributed by atoms with van der Waals surface area (Å²) in [6, 6.07) is 4.97. The maximum Gasteiger partial charge on any atom is 0.313 e.